The molecule has 11 rings (SSSR count). The maximum Gasteiger partial charge on any atom is 0.180 e. The van der Waals surface area contributed by atoms with Gasteiger partial charge in [0.1, 0.15) is 218 Å². The lowest BCUT2D eigenvalue weighted by molar-refractivity contribution is 0.667. The van der Waals surface area contributed by atoms with Crippen molar-refractivity contribution in [2.75, 3.05) is 0 Å². The van der Waals surface area contributed by atoms with Crippen molar-refractivity contribution in [1.82, 2.24) is 9.97 Å². The van der Waals surface area contributed by atoms with Crippen LogP contribution < -0.4 is 120 Å². The first-order chi connectivity index (χ1) is 34.4. The van der Waals surface area contributed by atoms with E-state index in [4.69, 9.17) is 23.2 Å². The Morgan fingerprint density at radius 2 is 0.630 bits per heavy atom. The van der Waals surface area contributed by atoms with Gasteiger partial charge in [0.25, 0.3) is 0 Å². The van der Waals surface area contributed by atoms with Gasteiger partial charge in [-0.15, -0.1) is 21.9 Å². The van der Waals surface area contributed by atoms with E-state index in [9.17, 15) is 0 Å². The molecule has 0 atom stereocenters. The zero-order valence-corrected chi connectivity index (χ0v) is 47.4. The van der Waals surface area contributed by atoms with E-state index in [1.54, 1.807) is 6.33 Å². The van der Waals surface area contributed by atoms with Gasteiger partial charge in [-0.2, -0.15) is 0 Å². The highest BCUT2D eigenvalue weighted by atomic mass is 16.3. The van der Waals surface area contributed by atoms with E-state index in [2.05, 4.69) is 191 Å². The van der Waals surface area contributed by atoms with Gasteiger partial charge in [0, 0.05) is 38.1 Å². The summed E-state index contributed by atoms with van der Waals surface area (Å²) in [7, 11) is 49.8. The van der Waals surface area contributed by atoms with Crippen molar-refractivity contribution >= 4 is 359 Å². The summed E-state index contributed by atoms with van der Waals surface area (Å²) in [5.41, 5.74) is 43.2. The van der Waals surface area contributed by atoms with Crippen LogP contribution in [0, 0.1) is 0 Å². The third-order valence-electron chi connectivity index (χ3n) is 19.4. The molecule has 326 valence electrons. The van der Waals surface area contributed by atoms with E-state index >= 15 is 0 Å². The fourth-order valence-corrected chi connectivity index (χ4v) is 13.4. The zero-order valence-electron chi connectivity index (χ0n) is 47.4. The molecule has 0 spiro atoms. The van der Waals surface area contributed by atoms with Gasteiger partial charge in [-0.3, -0.25) is 0 Å². The fraction of sp³-hybridized carbons (Fsp3) is 0. The molecule has 27 heteroatoms. The lowest BCUT2D eigenvalue weighted by Crippen LogP contribution is -2.51. The van der Waals surface area contributed by atoms with Gasteiger partial charge in [0.15, 0.2) is 5.58 Å². The summed E-state index contributed by atoms with van der Waals surface area (Å²) >= 11 is 0. The highest BCUT2D eigenvalue weighted by Crippen LogP contribution is 2.38. The first kappa shape index (κ1) is 49.6. The SMILES string of the molecule is Bc1c(B)c(-c2c(B)c(B)c(B)c(-c3c(B)c(B)c(B)c4c3oc3c(B)c(B)c(B)c(B)c34)c2B)c(B)c(-c2ncnc3c2oc2ccc(-c4c(B)c(B)c(B)c5c4oc4c(B)c(B)c(B)c(B)c45)cc23)c1B. The van der Waals surface area contributed by atoms with E-state index in [1.165, 1.54) is 164 Å². The number of nitrogens with zero attached hydrogens (tertiary/aromatic N) is 2. The van der Waals surface area contributed by atoms with E-state index < -0.39 is 0 Å². The van der Waals surface area contributed by atoms with Crippen molar-refractivity contribution in [3.05, 3.63) is 24.5 Å². The van der Waals surface area contributed by atoms with E-state index in [1.807, 2.05) is 0 Å². The molecule has 0 unspecified atom stereocenters. The molecule has 4 heterocycles. The molecule has 0 aliphatic rings. The maximum atomic E-state index is 7.22. The molecule has 0 bridgehead atoms. The van der Waals surface area contributed by atoms with Gasteiger partial charge in [0.05, 0.1) is 0 Å². The molecule has 11 aromatic rings. The predicted molar refractivity (Wildman–Crippen MR) is 386 cm³/mol. The van der Waals surface area contributed by atoms with Gasteiger partial charge in [-0.25, -0.2) is 9.97 Å². The summed E-state index contributed by atoms with van der Waals surface area (Å²) in [6, 6.07) is 6.55. The van der Waals surface area contributed by atoms with Gasteiger partial charge >= 0.3 is 0 Å². The molecule has 0 amide bonds. The molecule has 73 heavy (non-hydrogen) atoms. The first-order valence-electron chi connectivity index (χ1n) is 26.2. The second-order valence-electron chi connectivity index (χ2n) is 22.2. The minimum Gasteiger partial charge on any atom is -0.456 e. The van der Waals surface area contributed by atoms with Gasteiger partial charge in [-0.1, -0.05) is 104 Å². The minimum absolute atomic E-state index is 0.696. The van der Waals surface area contributed by atoms with Crippen LogP contribution in [0.25, 0.3) is 111 Å². The molecular weight excluding hydrogens is 866 g/mol. The molecule has 0 fully saturated rings. The van der Waals surface area contributed by atoms with E-state index in [0.717, 1.165) is 61.2 Å². The van der Waals surface area contributed by atoms with Crippen LogP contribution in [0.1, 0.15) is 0 Å². The Labute approximate surface area is 448 Å². The Balaban J connectivity index is 1.15. The normalized spacial score (nSPS) is 11.9. The summed E-state index contributed by atoms with van der Waals surface area (Å²) in [5.74, 6) is 0. The van der Waals surface area contributed by atoms with Crippen LogP contribution in [-0.2, 0) is 0 Å². The molecule has 0 N–H and O–H groups in total. The fourth-order valence-electron chi connectivity index (χ4n) is 13.4. The molecule has 7 aromatic carbocycles. The van der Waals surface area contributed by atoms with Crippen LogP contribution in [0.3, 0.4) is 0 Å². The summed E-state index contributed by atoms with van der Waals surface area (Å²) in [5, 5.41) is 5.88. The first-order valence-corrected chi connectivity index (χ1v) is 26.2. The second-order valence-corrected chi connectivity index (χ2v) is 22.2. The van der Waals surface area contributed by atoms with Crippen LogP contribution in [0.5, 0.6) is 0 Å². The van der Waals surface area contributed by atoms with Crippen molar-refractivity contribution in [1.29, 1.82) is 0 Å². The topological polar surface area (TPSA) is 65.2 Å². The summed E-state index contributed by atoms with van der Waals surface area (Å²) in [4.78, 5) is 10.1. The Morgan fingerprint density at radius 1 is 0.274 bits per heavy atom. The molecule has 0 saturated carbocycles. The Kier molecular flexibility index (Phi) is 11.6. The van der Waals surface area contributed by atoms with Crippen molar-refractivity contribution in [2.24, 2.45) is 0 Å². The molecule has 0 aliphatic carbocycles. The zero-order chi connectivity index (χ0) is 52.6. The molecule has 0 saturated heterocycles. The number of rotatable bonds is 4. The van der Waals surface area contributed by atoms with Crippen molar-refractivity contribution in [3.63, 3.8) is 0 Å². The summed E-state index contributed by atoms with van der Waals surface area (Å²) in [6.45, 7) is 0. The highest BCUT2D eigenvalue weighted by molar-refractivity contribution is 6.73. The van der Waals surface area contributed by atoms with E-state index in [0.29, 0.717) is 5.58 Å². The molecule has 4 aromatic heterocycles. The van der Waals surface area contributed by atoms with Crippen molar-refractivity contribution in [2.45, 2.75) is 0 Å². The molecule has 0 radical (unpaired) electrons. The average molecular weight is 915 g/mol. The number of furan rings is 3. The Hall–Kier alpha value is -5.55. The number of fused-ring (bicyclic) bond motifs is 9. The van der Waals surface area contributed by atoms with Gasteiger partial charge in [-0.05, 0) is 39.9 Å². The number of hydrogen-bond acceptors (Lipinski definition) is 5. The van der Waals surface area contributed by atoms with Gasteiger partial charge in [0.2, 0.25) is 0 Å². The lowest BCUT2D eigenvalue weighted by atomic mass is 9.56. The van der Waals surface area contributed by atoms with Crippen LogP contribution in [0.15, 0.2) is 37.8 Å². The van der Waals surface area contributed by atoms with Crippen LogP contribution in [0.4, 0.5) is 0 Å². The highest BCUT2D eigenvalue weighted by Gasteiger charge is 2.30. The smallest absolute Gasteiger partial charge is 0.180 e. The quantitative estimate of drug-likeness (QED) is 0.165. The average Bonchev–Trinajstić information content (AvgIpc) is 4.08. The summed E-state index contributed by atoms with van der Waals surface area (Å²) in [6.07, 6.45) is 1.72. The lowest BCUT2D eigenvalue weighted by Gasteiger charge is -2.29. The standard InChI is InChI=1S/C46H48B22N2O3/c47-18-9(21(50)31(60)23(52)11(18)12-24(53)33(62)26(55)14-16-28(57)35(64)37(66)39(68)45(16)73-43(12)14)10-19(48)17(29(58)32(61)22(10)51)41-46-40(69-4-70-41)6-3-5(1-2-7(6)71-46)8-20(49)30(59)25(54)13-15-27(56)34(63)36(65)38(67)44(15)72-42(8)13/h1-4H,47-68H2. The molecular formula is C46H48B22N2O3. The summed E-state index contributed by atoms with van der Waals surface area (Å²) < 4.78 is 21.2. The maximum absolute atomic E-state index is 7.22. The largest absolute Gasteiger partial charge is 0.456 e. The van der Waals surface area contributed by atoms with Crippen molar-refractivity contribution in [3.8, 4) is 44.6 Å². The molecule has 5 nitrogen and oxygen atoms in total. The Morgan fingerprint density at radius 3 is 1.12 bits per heavy atom. The molecule has 0 aliphatic heterocycles. The van der Waals surface area contributed by atoms with E-state index in [-0.39, 0.29) is 0 Å². The monoisotopic (exact) mass is 919 g/mol. The van der Waals surface area contributed by atoms with Crippen LogP contribution >= 0.6 is 0 Å². The van der Waals surface area contributed by atoms with Crippen molar-refractivity contribution < 1.29 is 13.3 Å². The van der Waals surface area contributed by atoms with Crippen LogP contribution in [-0.4, -0.2) is 183 Å². The van der Waals surface area contributed by atoms with Gasteiger partial charge < -0.3 is 13.3 Å². The number of aromatic nitrogens is 2. The third kappa shape index (κ3) is 6.54. The Bertz CT molecular complexity index is 4430. The minimum atomic E-state index is 0.696. The number of hydrogen-bond donors (Lipinski definition) is 0. The second kappa shape index (κ2) is 17.0. The third-order valence-corrected chi connectivity index (χ3v) is 19.4. The number of benzene rings is 7. The predicted octanol–water partition coefficient (Wildman–Crippen LogP) is -25.5. The van der Waals surface area contributed by atoms with Crippen LogP contribution in [0.2, 0.25) is 0 Å².